The highest BCUT2D eigenvalue weighted by molar-refractivity contribution is 7.16. The van der Waals surface area contributed by atoms with Gasteiger partial charge in [0.1, 0.15) is 11.2 Å². The summed E-state index contributed by atoms with van der Waals surface area (Å²) in [7, 11) is 0. The second-order valence-corrected chi connectivity index (χ2v) is 6.80. The van der Waals surface area contributed by atoms with Crippen LogP contribution in [0.2, 0.25) is 0 Å². The van der Waals surface area contributed by atoms with Gasteiger partial charge in [0, 0.05) is 4.88 Å². The van der Waals surface area contributed by atoms with E-state index in [0.29, 0.717) is 5.56 Å². The Morgan fingerprint density at radius 2 is 1.91 bits per heavy atom. The first-order valence-corrected chi connectivity index (χ1v) is 8.30. The molecule has 1 atom stereocenters. The molecule has 2 aromatic rings. The summed E-state index contributed by atoms with van der Waals surface area (Å²) in [4.78, 5) is 13.9. The smallest absolute Gasteiger partial charge is 0.256 e. The highest BCUT2D eigenvalue weighted by atomic mass is 32.1. The predicted molar refractivity (Wildman–Crippen MR) is 85.9 cm³/mol. The standard InChI is InChI=1S/C17H15N3OS/c18-9-10-5-7-11(8-6-10)15-19-16(21)14-12-3-1-2-4-13(12)22-17(14)20-15/h5-8,15,20H,1-4H2,(H,19,21). The number of carbonyl (C=O) groups excluding carboxylic acids is 1. The summed E-state index contributed by atoms with van der Waals surface area (Å²) in [5.41, 5.74) is 3.68. The Balaban J connectivity index is 1.68. The van der Waals surface area contributed by atoms with Crippen molar-refractivity contribution < 1.29 is 4.79 Å². The summed E-state index contributed by atoms with van der Waals surface area (Å²) >= 11 is 1.72. The number of aryl methyl sites for hydroxylation is 1. The molecular weight excluding hydrogens is 294 g/mol. The Hall–Kier alpha value is -2.32. The van der Waals surface area contributed by atoms with E-state index in [1.165, 1.54) is 23.3 Å². The van der Waals surface area contributed by atoms with Crippen LogP contribution in [0.25, 0.3) is 0 Å². The first-order valence-electron chi connectivity index (χ1n) is 7.48. The van der Waals surface area contributed by atoms with Crippen LogP contribution in [0, 0.1) is 11.3 Å². The molecular formula is C17H15N3OS. The number of hydrogen-bond donors (Lipinski definition) is 2. The minimum Gasteiger partial charge on any atom is -0.353 e. The Labute approximate surface area is 132 Å². The number of nitriles is 1. The van der Waals surface area contributed by atoms with Crippen molar-refractivity contribution in [2.24, 2.45) is 0 Å². The molecule has 1 aromatic heterocycles. The zero-order chi connectivity index (χ0) is 15.1. The first kappa shape index (κ1) is 13.4. The number of thiophene rings is 1. The maximum Gasteiger partial charge on any atom is 0.256 e. The fraction of sp³-hybridized carbons (Fsp3) is 0.294. The van der Waals surface area contributed by atoms with Gasteiger partial charge in [0.2, 0.25) is 0 Å². The molecule has 0 fully saturated rings. The van der Waals surface area contributed by atoms with E-state index in [4.69, 9.17) is 5.26 Å². The SMILES string of the molecule is N#Cc1ccc(C2NC(=O)c3c(sc4c3CCCC4)N2)cc1. The van der Waals surface area contributed by atoms with Gasteiger partial charge in [-0.2, -0.15) is 5.26 Å². The number of nitrogens with one attached hydrogen (secondary N) is 2. The first-order chi connectivity index (χ1) is 10.8. The second-order valence-electron chi connectivity index (χ2n) is 5.70. The van der Waals surface area contributed by atoms with Crippen molar-refractivity contribution in [2.75, 3.05) is 5.32 Å². The largest absolute Gasteiger partial charge is 0.353 e. The van der Waals surface area contributed by atoms with Gasteiger partial charge in [-0.25, -0.2) is 0 Å². The van der Waals surface area contributed by atoms with Gasteiger partial charge in [0.15, 0.2) is 0 Å². The molecule has 1 aliphatic heterocycles. The number of rotatable bonds is 1. The van der Waals surface area contributed by atoms with E-state index in [2.05, 4.69) is 16.7 Å². The minimum absolute atomic E-state index is 0.0162. The molecule has 1 amide bonds. The third kappa shape index (κ3) is 2.08. The van der Waals surface area contributed by atoms with E-state index in [1.807, 2.05) is 12.1 Å². The zero-order valence-electron chi connectivity index (χ0n) is 12.0. The Bertz CT molecular complexity index is 785. The second kappa shape index (κ2) is 5.15. The monoisotopic (exact) mass is 309 g/mol. The lowest BCUT2D eigenvalue weighted by atomic mass is 9.94. The Morgan fingerprint density at radius 1 is 1.14 bits per heavy atom. The van der Waals surface area contributed by atoms with Crippen LogP contribution in [-0.2, 0) is 12.8 Å². The van der Waals surface area contributed by atoms with E-state index in [-0.39, 0.29) is 12.1 Å². The van der Waals surface area contributed by atoms with Crippen LogP contribution in [0.1, 0.15) is 50.9 Å². The Morgan fingerprint density at radius 3 is 2.68 bits per heavy atom. The van der Waals surface area contributed by atoms with Crippen molar-refractivity contribution in [2.45, 2.75) is 31.8 Å². The molecule has 2 aliphatic rings. The molecule has 2 heterocycles. The van der Waals surface area contributed by atoms with Crippen LogP contribution < -0.4 is 10.6 Å². The van der Waals surface area contributed by atoms with E-state index < -0.39 is 0 Å². The molecule has 1 unspecified atom stereocenters. The molecule has 5 heteroatoms. The number of nitrogens with zero attached hydrogens (tertiary/aromatic N) is 1. The molecule has 0 radical (unpaired) electrons. The van der Waals surface area contributed by atoms with Crippen molar-refractivity contribution in [1.82, 2.24) is 5.32 Å². The Kier molecular flexibility index (Phi) is 3.12. The number of fused-ring (bicyclic) bond motifs is 3. The summed E-state index contributed by atoms with van der Waals surface area (Å²) in [6, 6.07) is 9.43. The molecule has 22 heavy (non-hydrogen) atoms. The summed E-state index contributed by atoms with van der Waals surface area (Å²) in [6.45, 7) is 0. The molecule has 0 saturated carbocycles. The highest BCUT2D eigenvalue weighted by Gasteiger charge is 2.31. The van der Waals surface area contributed by atoms with Crippen LogP contribution in [0.4, 0.5) is 5.00 Å². The topological polar surface area (TPSA) is 64.9 Å². The molecule has 4 rings (SSSR count). The maximum absolute atomic E-state index is 12.5. The predicted octanol–water partition coefficient (Wildman–Crippen LogP) is 3.35. The fourth-order valence-corrected chi connectivity index (χ4v) is 4.51. The molecule has 0 spiro atoms. The number of hydrogen-bond acceptors (Lipinski definition) is 4. The van der Waals surface area contributed by atoms with Crippen molar-refractivity contribution in [1.29, 1.82) is 5.26 Å². The van der Waals surface area contributed by atoms with Crippen molar-refractivity contribution in [3.05, 3.63) is 51.4 Å². The van der Waals surface area contributed by atoms with E-state index in [1.54, 1.807) is 23.5 Å². The summed E-state index contributed by atoms with van der Waals surface area (Å²) in [6.07, 6.45) is 4.25. The third-order valence-electron chi connectivity index (χ3n) is 4.32. The van der Waals surface area contributed by atoms with Gasteiger partial charge in [-0.3, -0.25) is 4.79 Å². The molecule has 0 bridgehead atoms. The van der Waals surface area contributed by atoms with Crippen molar-refractivity contribution in [3.63, 3.8) is 0 Å². The lowest BCUT2D eigenvalue weighted by molar-refractivity contribution is 0.0935. The number of carbonyl (C=O) groups is 1. The minimum atomic E-state index is -0.229. The van der Waals surface area contributed by atoms with Crippen LogP contribution >= 0.6 is 11.3 Å². The van der Waals surface area contributed by atoms with Gasteiger partial charge < -0.3 is 10.6 Å². The van der Waals surface area contributed by atoms with Crippen LogP contribution in [0.3, 0.4) is 0 Å². The summed E-state index contributed by atoms with van der Waals surface area (Å²) < 4.78 is 0. The highest BCUT2D eigenvalue weighted by Crippen LogP contribution is 2.41. The normalized spacial score (nSPS) is 19.4. The van der Waals surface area contributed by atoms with Crippen LogP contribution in [0.5, 0.6) is 0 Å². The number of anilines is 1. The zero-order valence-corrected chi connectivity index (χ0v) is 12.8. The molecule has 0 saturated heterocycles. The van der Waals surface area contributed by atoms with E-state index >= 15 is 0 Å². The van der Waals surface area contributed by atoms with Crippen molar-refractivity contribution >= 4 is 22.2 Å². The quantitative estimate of drug-likeness (QED) is 0.849. The average molecular weight is 309 g/mol. The van der Waals surface area contributed by atoms with Crippen molar-refractivity contribution in [3.8, 4) is 6.07 Å². The number of benzene rings is 1. The van der Waals surface area contributed by atoms with Crippen LogP contribution in [0.15, 0.2) is 24.3 Å². The van der Waals surface area contributed by atoms with Gasteiger partial charge in [-0.15, -0.1) is 11.3 Å². The molecule has 2 N–H and O–H groups in total. The summed E-state index contributed by atoms with van der Waals surface area (Å²) in [5.74, 6) is 0.0162. The third-order valence-corrected chi connectivity index (χ3v) is 5.55. The molecule has 1 aliphatic carbocycles. The summed E-state index contributed by atoms with van der Waals surface area (Å²) in [5, 5.41) is 16.3. The van der Waals surface area contributed by atoms with Gasteiger partial charge >= 0.3 is 0 Å². The maximum atomic E-state index is 12.5. The van der Waals surface area contributed by atoms with Gasteiger partial charge in [-0.05, 0) is 48.9 Å². The van der Waals surface area contributed by atoms with E-state index in [0.717, 1.165) is 29.0 Å². The molecule has 4 nitrogen and oxygen atoms in total. The van der Waals surface area contributed by atoms with Gasteiger partial charge in [0.05, 0.1) is 17.2 Å². The molecule has 1 aromatic carbocycles. The fourth-order valence-electron chi connectivity index (χ4n) is 3.19. The lowest BCUT2D eigenvalue weighted by Crippen LogP contribution is -2.38. The average Bonchev–Trinajstić information content (AvgIpc) is 2.93. The lowest BCUT2D eigenvalue weighted by Gasteiger charge is -2.26. The van der Waals surface area contributed by atoms with Crippen LogP contribution in [-0.4, -0.2) is 5.91 Å². The van der Waals surface area contributed by atoms with Gasteiger partial charge in [-0.1, -0.05) is 12.1 Å². The molecule has 110 valence electrons. The van der Waals surface area contributed by atoms with E-state index in [9.17, 15) is 4.79 Å². The number of amides is 1. The van der Waals surface area contributed by atoms with Gasteiger partial charge in [0.25, 0.3) is 5.91 Å².